The highest BCUT2D eigenvalue weighted by Gasteiger charge is 2.29. The Balaban J connectivity index is 2.97. The molecule has 0 aliphatic carbocycles. The van der Waals surface area contributed by atoms with Crippen LogP contribution in [0, 0.1) is 0 Å². The number of ether oxygens (including phenoxy) is 1. The summed E-state index contributed by atoms with van der Waals surface area (Å²) in [4.78, 5) is 12.2. The van der Waals surface area contributed by atoms with Crippen molar-refractivity contribution in [3.8, 4) is 0 Å². The summed E-state index contributed by atoms with van der Waals surface area (Å²) >= 11 is 0. The van der Waals surface area contributed by atoms with E-state index in [0.717, 1.165) is 25.7 Å². The molecule has 0 aliphatic heterocycles. The lowest BCUT2D eigenvalue weighted by Crippen LogP contribution is -2.20. The molecule has 4 nitrogen and oxygen atoms in total. The molecule has 0 saturated heterocycles. The van der Waals surface area contributed by atoms with Crippen LogP contribution in [-0.4, -0.2) is 25.3 Å². The zero-order valence-corrected chi connectivity index (χ0v) is 14.7. The number of carbonyl (C=O) groups is 1. The fraction of sp³-hybridized carbons (Fsp3) is 0.588. The predicted molar refractivity (Wildman–Crippen MR) is 90.3 cm³/mol. The molecule has 0 heterocycles. The molecule has 1 rings (SSSR count). The lowest BCUT2D eigenvalue weighted by atomic mass is 10.2. The topological polar surface area (TPSA) is 52.6 Å². The van der Waals surface area contributed by atoms with Crippen molar-refractivity contribution < 1.29 is 18.6 Å². The summed E-state index contributed by atoms with van der Waals surface area (Å²) in [6.07, 6.45) is 3.99. The van der Waals surface area contributed by atoms with Gasteiger partial charge in [0, 0.05) is 6.16 Å². The van der Waals surface area contributed by atoms with E-state index in [1.165, 1.54) is 0 Å². The van der Waals surface area contributed by atoms with Gasteiger partial charge in [0.25, 0.3) is 0 Å². The minimum Gasteiger partial charge on any atom is -0.462 e. The Hall–Kier alpha value is -1.12. The predicted octanol–water partition coefficient (Wildman–Crippen LogP) is 4.38. The molecule has 124 valence electrons. The quantitative estimate of drug-likeness (QED) is 0.364. The monoisotopic (exact) mass is 326 g/mol. The van der Waals surface area contributed by atoms with Gasteiger partial charge in [-0.05, 0) is 25.0 Å². The van der Waals surface area contributed by atoms with Crippen LogP contribution < -0.4 is 5.30 Å². The molecule has 0 spiro atoms. The fourth-order valence-corrected chi connectivity index (χ4v) is 3.95. The summed E-state index contributed by atoms with van der Waals surface area (Å²) in [5.41, 5.74) is 0.361. The number of carbonyl (C=O) groups excluding carboxylic acids is 1. The number of unbranched alkanes of at least 4 members (excludes halogenated alkanes) is 2. The molecule has 0 amide bonds. The van der Waals surface area contributed by atoms with E-state index in [9.17, 15) is 9.36 Å². The molecule has 22 heavy (non-hydrogen) atoms. The Kier molecular flexibility index (Phi) is 8.44. The summed E-state index contributed by atoms with van der Waals surface area (Å²) in [7, 11) is -3.01. The van der Waals surface area contributed by atoms with Crippen molar-refractivity contribution in [2.75, 3.05) is 19.4 Å². The first kappa shape index (κ1) is 18.9. The van der Waals surface area contributed by atoms with Gasteiger partial charge in [-0.3, -0.25) is 4.57 Å². The van der Waals surface area contributed by atoms with E-state index < -0.39 is 13.3 Å². The van der Waals surface area contributed by atoms with E-state index in [4.69, 9.17) is 9.26 Å². The van der Waals surface area contributed by atoms with Crippen LogP contribution >= 0.6 is 7.37 Å². The Labute approximate surface area is 133 Å². The minimum atomic E-state index is -3.01. The van der Waals surface area contributed by atoms with Gasteiger partial charge in [-0.25, -0.2) is 4.79 Å². The average molecular weight is 326 g/mol. The van der Waals surface area contributed by atoms with Crippen LogP contribution in [0.25, 0.3) is 0 Å². The highest BCUT2D eigenvalue weighted by molar-refractivity contribution is 7.67. The average Bonchev–Trinajstić information content (AvgIpc) is 2.55. The molecule has 0 fully saturated rings. The summed E-state index contributed by atoms with van der Waals surface area (Å²) in [6.45, 7) is 6.75. The molecule has 0 saturated carbocycles. The van der Waals surface area contributed by atoms with E-state index in [1.54, 1.807) is 24.3 Å². The number of benzene rings is 1. The highest BCUT2D eigenvalue weighted by Crippen LogP contribution is 2.46. The van der Waals surface area contributed by atoms with Gasteiger partial charge in [0.15, 0.2) is 0 Å². The number of esters is 1. The zero-order chi connectivity index (χ0) is 16.4. The van der Waals surface area contributed by atoms with E-state index in [-0.39, 0.29) is 0 Å². The first-order valence-electron chi connectivity index (χ1n) is 8.09. The molecular formula is C17H27O4P. The van der Waals surface area contributed by atoms with Crippen molar-refractivity contribution in [2.24, 2.45) is 0 Å². The first-order valence-corrected chi connectivity index (χ1v) is 9.90. The molecule has 0 aromatic heterocycles. The van der Waals surface area contributed by atoms with Crippen molar-refractivity contribution in [2.45, 2.75) is 46.5 Å². The Morgan fingerprint density at radius 2 is 1.68 bits per heavy atom. The number of hydrogen-bond donors (Lipinski definition) is 0. The summed E-state index contributed by atoms with van der Waals surface area (Å²) < 4.78 is 24.0. The maximum Gasteiger partial charge on any atom is 0.338 e. The van der Waals surface area contributed by atoms with Gasteiger partial charge in [-0.15, -0.1) is 0 Å². The third-order valence-electron chi connectivity index (χ3n) is 3.44. The van der Waals surface area contributed by atoms with E-state index >= 15 is 0 Å². The van der Waals surface area contributed by atoms with E-state index in [1.807, 2.05) is 13.8 Å². The number of rotatable bonds is 10. The Morgan fingerprint density at radius 1 is 1.05 bits per heavy atom. The Bertz CT molecular complexity index is 513. The normalized spacial score (nSPS) is 13.6. The van der Waals surface area contributed by atoms with E-state index in [0.29, 0.717) is 30.2 Å². The van der Waals surface area contributed by atoms with Gasteiger partial charge in [-0.1, -0.05) is 45.7 Å². The standard InChI is InChI=1S/C17H27O4P/c1-4-7-13-20-17(18)15-11-9-10-12-16(15)22(19,6-3)21-14-8-5-2/h9-12H,4-8,13-14H2,1-3H3. The Morgan fingerprint density at radius 3 is 2.32 bits per heavy atom. The minimum absolute atomic E-state index is 0.361. The van der Waals surface area contributed by atoms with Gasteiger partial charge in [-0.2, -0.15) is 0 Å². The molecule has 0 bridgehead atoms. The third kappa shape index (κ3) is 5.26. The maximum absolute atomic E-state index is 13.1. The van der Waals surface area contributed by atoms with Gasteiger partial charge in [0.1, 0.15) is 0 Å². The second kappa shape index (κ2) is 9.81. The van der Waals surface area contributed by atoms with Crippen molar-refractivity contribution in [3.63, 3.8) is 0 Å². The van der Waals surface area contributed by atoms with Crippen LogP contribution in [-0.2, 0) is 13.8 Å². The van der Waals surface area contributed by atoms with Gasteiger partial charge in [0.05, 0.1) is 24.1 Å². The van der Waals surface area contributed by atoms with Crippen LogP contribution in [0.4, 0.5) is 0 Å². The van der Waals surface area contributed by atoms with E-state index in [2.05, 4.69) is 6.92 Å². The highest BCUT2D eigenvalue weighted by atomic mass is 31.2. The van der Waals surface area contributed by atoms with Crippen molar-refractivity contribution in [3.05, 3.63) is 29.8 Å². The van der Waals surface area contributed by atoms with Crippen molar-refractivity contribution in [1.29, 1.82) is 0 Å². The summed E-state index contributed by atoms with van der Waals surface area (Å²) in [6, 6.07) is 6.91. The summed E-state index contributed by atoms with van der Waals surface area (Å²) in [5.74, 6) is -0.420. The molecule has 0 radical (unpaired) electrons. The fourth-order valence-electron chi connectivity index (χ4n) is 2.02. The molecule has 5 heteroatoms. The third-order valence-corrected chi connectivity index (χ3v) is 5.99. The molecule has 1 unspecified atom stereocenters. The molecule has 1 atom stereocenters. The van der Waals surface area contributed by atoms with Crippen molar-refractivity contribution >= 4 is 18.6 Å². The van der Waals surface area contributed by atoms with Crippen LogP contribution in [0.1, 0.15) is 56.8 Å². The maximum atomic E-state index is 13.1. The molecular weight excluding hydrogens is 299 g/mol. The lowest BCUT2D eigenvalue weighted by molar-refractivity contribution is 0.0501. The second-order valence-electron chi connectivity index (χ2n) is 5.18. The molecule has 1 aromatic carbocycles. The van der Waals surface area contributed by atoms with Crippen LogP contribution in [0.2, 0.25) is 0 Å². The van der Waals surface area contributed by atoms with Gasteiger partial charge in [0.2, 0.25) is 7.37 Å². The van der Waals surface area contributed by atoms with Gasteiger partial charge < -0.3 is 9.26 Å². The molecule has 0 N–H and O–H groups in total. The summed E-state index contributed by atoms with van der Waals surface area (Å²) in [5, 5.41) is 0.482. The SMILES string of the molecule is CCCCOC(=O)c1ccccc1P(=O)(CC)OCCCC. The molecule has 0 aliphatic rings. The zero-order valence-electron chi connectivity index (χ0n) is 13.8. The number of hydrogen-bond acceptors (Lipinski definition) is 4. The largest absolute Gasteiger partial charge is 0.462 e. The smallest absolute Gasteiger partial charge is 0.338 e. The molecule has 1 aromatic rings. The van der Waals surface area contributed by atoms with Crippen LogP contribution in [0.3, 0.4) is 0 Å². The first-order chi connectivity index (χ1) is 10.6. The van der Waals surface area contributed by atoms with Crippen LogP contribution in [0.5, 0.6) is 0 Å². The second-order valence-corrected chi connectivity index (χ2v) is 7.90. The lowest BCUT2D eigenvalue weighted by Gasteiger charge is -2.19. The van der Waals surface area contributed by atoms with Gasteiger partial charge >= 0.3 is 5.97 Å². The van der Waals surface area contributed by atoms with Crippen LogP contribution in [0.15, 0.2) is 24.3 Å². The van der Waals surface area contributed by atoms with Crippen molar-refractivity contribution in [1.82, 2.24) is 0 Å².